The quantitative estimate of drug-likeness (QED) is 0.793. The number of anilines is 3. The van der Waals surface area contributed by atoms with Crippen molar-refractivity contribution < 1.29 is 0 Å². The first kappa shape index (κ1) is 12.7. The summed E-state index contributed by atoms with van der Waals surface area (Å²) in [6.45, 7) is 0. The van der Waals surface area contributed by atoms with E-state index in [-0.39, 0.29) is 12.4 Å². The lowest BCUT2D eigenvalue weighted by molar-refractivity contribution is 1.55. The van der Waals surface area contributed by atoms with Crippen LogP contribution in [0.5, 0.6) is 0 Å². The smallest absolute Gasteiger partial charge is 0.0636 e. The number of rotatable bonds is 2. The second kappa shape index (κ2) is 5.64. The molecule has 0 aliphatic carbocycles. The van der Waals surface area contributed by atoms with Crippen molar-refractivity contribution in [1.29, 1.82) is 0 Å². The molecule has 2 rings (SSSR count). The van der Waals surface area contributed by atoms with Gasteiger partial charge < -0.3 is 11.1 Å². The van der Waals surface area contributed by atoms with Crippen LogP contribution in [0.1, 0.15) is 0 Å². The van der Waals surface area contributed by atoms with E-state index in [1.165, 1.54) is 0 Å². The standard InChI is InChI=1S/C12H11ClN2.ClH/c13-11-7-6-10(8-12(11)14)15-9-4-2-1-3-5-9;/h1-8,15H,14H2;1H. The molecule has 0 atom stereocenters. The van der Waals surface area contributed by atoms with Crippen molar-refractivity contribution in [2.45, 2.75) is 0 Å². The van der Waals surface area contributed by atoms with E-state index in [9.17, 15) is 0 Å². The highest BCUT2D eigenvalue weighted by Gasteiger charge is 1.98. The van der Waals surface area contributed by atoms with Gasteiger partial charge in [-0.05, 0) is 30.3 Å². The van der Waals surface area contributed by atoms with Gasteiger partial charge in [-0.3, -0.25) is 0 Å². The van der Waals surface area contributed by atoms with Crippen LogP contribution in [-0.2, 0) is 0 Å². The minimum absolute atomic E-state index is 0. The van der Waals surface area contributed by atoms with Crippen LogP contribution in [0.4, 0.5) is 17.1 Å². The van der Waals surface area contributed by atoms with Crippen molar-refractivity contribution in [2.75, 3.05) is 11.1 Å². The topological polar surface area (TPSA) is 38.0 Å². The predicted molar refractivity (Wildman–Crippen MR) is 72.8 cm³/mol. The van der Waals surface area contributed by atoms with Gasteiger partial charge in [-0.2, -0.15) is 0 Å². The number of halogens is 2. The number of nitrogens with one attached hydrogen (secondary N) is 1. The zero-order valence-electron chi connectivity index (χ0n) is 8.48. The SMILES string of the molecule is Cl.Nc1cc(Nc2ccccc2)ccc1Cl. The first-order valence-electron chi connectivity index (χ1n) is 4.63. The van der Waals surface area contributed by atoms with Crippen LogP contribution >= 0.6 is 24.0 Å². The largest absolute Gasteiger partial charge is 0.397 e. The van der Waals surface area contributed by atoms with Crippen LogP contribution in [0.25, 0.3) is 0 Å². The van der Waals surface area contributed by atoms with E-state index in [1.54, 1.807) is 6.07 Å². The van der Waals surface area contributed by atoms with E-state index in [1.807, 2.05) is 42.5 Å². The van der Waals surface area contributed by atoms with E-state index in [0.717, 1.165) is 11.4 Å². The molecule has 0 spiro atoms. The molecule has 16 heavy (non-hydrogen) atoms. The van der Waals surface area contributed by atoms with Crippen LogP contribution in [0, 0.1) is 0 Å². The van der Waals surface area contributed by atoms with Crippen LogP contribution in [0.2, 0.25) is 5.02 Å². The third kappa shape index (κ3) is 3.05. The molecule has 2 aromatic rings. The van der Waals surface area contributed by atoms with Gasteiger partial charge in [0.2, 0.25) is 0 Å². The summed E-state index contributed by atoms with van der Waals surface area (Å²) in [6, 6.07) is 15.4. The fraction of sp³-hybridized carbons (Fsp3) is 0. The van der Waals surface area contributed by atoms with Crippen LogP contribution < -0.4 is 11.1 Å². The number of benzene rings is 2. The van der Waals surface area contributed by atoms with E-state index < -0.39 is 0 Å². The maximum atomic E-state index is 5.83. The summed E-state index contributed by atoms with van der Waals surface area (Å²) in [7, 11) is 0. The molecule has 0 radical (unpaired) electrons. The molecule has 0 fully saturated rings. The van der Waals surface area contributed by atoms with Gasteiger partial charge in [0, 0.05) is 11.4 Å². The van der Waals surface area contributed by atoms with Crippen molar-refractivity contribution in [1.82, 2.24) is 0 Å². The Kier molecular flexibility index (Phi) is 4.47. The lowest BCUT2D eigenvalue weighted by Crippen LogP contribution is -1.92. The average molecular weight is 255 g/mol. The molecule has 0 heterocycles. The molecule has 0 saturated heterocycles. The monoisotopic (exact) mass is 254 g/mol. The predicted octanol–water partition coefficient (Wildman–Crippen LogP) is 4.09. The fourth-order valence-corrected chi connectivity index (χ4v) is 1.43. The maximum absolute atomic E-state index is 5.83. The average Bonchev–Trinajstić information content (AvgIpc) is 2.25. The zero-order valence-corrected chi connectivity index (χ0v) is 10.1. The number of nitrogens with two attached hydrogens (primary N) is 1. The molecule has 2 aromatic carbocycles. The minimum Gasteiger partial charge on any atom is -0.397 e. The summed E-state index contributed by atoms with van der Waals surface area (Å²) < 4.78 is 0. The Morgan fingerprint density at radius 2 is 1.62 bits per heavy atom. The Balaban J connectivity index is 0.00000128. The maximum Gasteiger partial charge on any atom is 0.0636 e. The third-order valence-electron chi connectivity index (χ3n) is 2.06. The molecule has 0 aromatic heterocycles. The highest BCUT2D eigenvalue weighted by atomic mass is 35.5. The van der Waals surface area contributed by atoms with Gasteiger partial charge in [0.15, 0.2) is 0 Å². The van der Waals surface area contributed by atoms with E-state index in [0.29, 0.717) is 10.7 Å². The van der Waals surface area contributed by atoms with Crippen molar-refractivity contribution in [3.05, 3.63) is 53.6 Å². The highest BCUT2D eigenvalue weighted by molar-refractivity contribution is 6.33. The van der Waals surface area contributed by atoms with Gasteiger partial charge in [0.25, 0.3) is 0 Å². The van der Waals surface area contributed by atoms with Crippen molar-refractivity contribution in [3.8, 4) is 0 Å². The first-order chi connectivity index (χ1) is 7.25. The molecule has 0 saturated carbocycles. The van der Waals surface area contributed by atoms with Gasteiger partial charge >= 0.3 is 0 Å². The second-order valence-electron chi connectivity index (χ2n) is 3.23. The molecule has 3 N–H and O–H groups in total. The Morgan fingerprint density at radius 1 is 0.938 bits per heavy atom. The normalized spacial score (nSPS) is 9.31. The molecule has 0 unspecified atom stereocenters. The number of hydrogen-bond acceptors (Lipinski definition) is 2. The zero-order chi connectivity index (χ0) is 10.7. The summed E-state index contributed by atoms with van der Waals surface area (Å²) in [5, 5.41) is 3.81. The van der Waals surface area contributed by atoms with Crippen molar-refractivity contribution >= 4 is 41.1 Å². The Hall–Kier alpha value is -1.38. The Labute approximate surface area is 106 Å². The van der Waals surface area contributed by atoms with E-state index in [4.69, 9.17) is 17.3 Å². The van der Waals surface area contributed by atoms with Gasteiger partial charge in [0.1, 0.15) is 0 Å². The summed E-state index contributed by atoms with van der Waals surface area (Å²) in [5.74, 6) is 0. The molecule has 0 aliphatic heterocycles. The summed E-state index contributed by atoms with van der Waals surface area (Å²) in [5.41, 5.74) is 8.24. The van der Waals surface area contributed by atoms with Crippen molar-refractivity contribution in [2.24, 2.45) is 0 Å². The molecule has 84 valence electrons. The lowest BCUT2D eigenvalue weighted by atomic mass is 10.2. The Bertz CT molecular complexity index is 458. The van der Waals surface area contributed by atoms with Crippen molar-refractivity contribution in [3.63, 3.8) is 0 Å². The molecule has 2 nitrogen and oxygen atoms in total. The first-order valence-corrected chi connectivity index (χ1v) is 5.00. The molecule has 0 amide bonds. The second-order valence-corrected chi connectivity index (χ2v) is 3.63. The van der Waals surface area contributed by atoms with E-state index in [2.05, 4.69) is 5.32 Å². The molecular weight excluding hydrogens is 243 g/mol. The van der Waals surface area contributed by atoms with Crippen LogP contribution in [0.15, 0.2) is 48.5 Å². The highest BCUT2D eigenvalue weighted by Crippen LogP contribution is 2.24. The summed E-state index contributed by atoms with van der Waals surface area (Å²) in [6.07, 6.45) is 0. The fourth-order valence-electron chi connectivity index (χ4n) is 1.31. The van der Waals surface area contributed by atoms with Gasteiger partial charge in [-0.15, -0.1) is 12.4 Å². The minimum atomic E-state index is 0. The van der Waals surface area contributed by atoms with Crippen LogP contribution in [-0.4, -0.2) is 0 Å². The number of nitrogen functional groups attached to an aromatic ring is 1. The molecule has 0 bridgehead atoms. The summed E-state index contributed by atoms with van der Waals surface area (Å²) >= 11 is 5.83. The van der Waals surface area contributed by atoms with E-state index >= 15 is 0 Å². The van der Waals surface area contributed by atoms with Gasteiger partial charge in [0.05, 0.1) is 10.7 Å². The molecule has 0 aliphatic rings. The summed E-state index contributed by atoms with van der Waals surface area (Å²) in [4.78, 5) is 0. The number of hydrogen-bond donors (Lipinski definition) is 2. The molecule has 4 heteroatoms. The lowest BCUT2D eigenvalue weighted by Gasteiger charge is -2.07. The Morgan fingerprint density at radius 3 is 2.25 bits per heavy atom. The third-order valence-corrected chi connectivity index (χ3v) is 2.40. The van der Waals surface area contributed by atoms with Gasteiger partial charge in [-0.25, -0.2) is 0 Å². The van der Waals surface area contributed by atoms with Gasteiger partial charge in [-0.1, -0.05) is 29.8 Å². The number of para-hydroxylation sites is 1. The van der Waals surface area contributed by atoms with Crippen LogP contribution in [0.3, 0.4) is 0 Å². The molecular formula is C12H12Cl2N2.